The van der Waals surface area contributed by atoms with Gasteiger partial charge in [-0.1, -0.05) is 143 Å². The Labute approximate surface area is 226 Å². The van der Waals surface area contributed by atoms with Crippen molar-refractivity contribution < 1.29 is 0 Å². The summed E-state index contributed by atoms with van der Waals surface area (Å²) >= 11 is 0. The minimum absolute atomic E-state index is 1.17. The Morgan fingerprint density at radius 1 is 0.432 bits per heavy atom. The molecule has 0 aliphatic rings. The number of benzene rings is 4. The molecule has 0 aliphatic heterocycles. The molecular formula is C36H44B-. The molecule has 0 spiro atoms. The lowest BCUT2D eigenvalue weighted by atomic mass is 9.13. The van der Waals surface area contributed by atoms with Crippen molar-refractivity contribution in [1.82, 2.24) is 0 Å². The number of hydrogen-bond donors (Lipinski definition) is 0. The molecule has 1 heteroatoms. The van der Waals surface area contributed by atoms with Crippen LogP contribution >= 0.6 is 0 Å². The van der Waals surface area contributed by atoms with E-state index in [1.807, 2.05) is 0 Å². The molecule has 0 radical (unpaired) electrons. The van der Waals surface area contributed by atoms with Crippen molar-refractivity contribution >= 4 is 28.0 Å². The highest BCUT2D eigenvalue weighted by Gasteiger charge is 2.32. The fourth-order valence-corrected chi connectivity index (χ4v) is 6.31. The van der Waals surface area contributed by atoms with Crippen LogP contribution in [0.3, 0.4) is 0 Å². The van der Waals surface area contributed by atoms with E-state index in [2.05, 4.69) is 124 Å². The molecule has 0 heterocycles. The highest BCUT2D eigenvalue weighted by atomic mass is 14.2. The largest absolute Gasteiger partial charge is 0.195 e. The molecule has 0 bridgehead atoms. The van der Waals surface area contributed by atoms with Gasteiger partial charge < -0.3 is 0 Å². The van der Waals surface area contributed by atoms with Crippen LogP contribution in [-0.2, 0) is 19.3 Å². The van der Waals surface area contributed by atoms with Gasteiger partial charge in [0.2, 0.25) is 0 Å². The second-order valence-corrected chi connectivity index (χ2v) is 10.7. The van der Waals surface area contributed by atoms with Crippen LogP contribution < -0.4 is 21.9 Å². The fraction of sp³-hybridized carbons (Fsp3) is 0.333. The Hall–Kier alpha value is -3.06. The van der Waals surface area contributed by atoms with Gasteiger partial charge in [-0.25, -0.2) is 0 Å². The van der Waals surface area contributed by atoms with E-state index in [9.17, 15) is 0 Å². The lowest BCUT2D eigenvalue weighted by Crippen LogP contribution is -2.74. The van der Waals surface area contributed by atoms with E-state index in [1.165, 1.54) is 79.6 Å². The molecule has 37 heavy (non-hydrogen) atoms. The van der Waals surface area contributed by atoms with Gasteiger partial charge >= 0.3 is 0 Å². The van der Waals surface area contributed by atoms with Gasteiger partial charge in [0.25, 0.3) is 0 Å². The lowest BCUT2D eigenvalue weighted by molar-refractivity contribution is 0.735. The van der Waals surface area contributed by atoms with Crippen LogP contribution in [0.2, 0.25) is 0 Å². The third-order valence-electron chi connectivity index (χ3n) is 8.24. The zero-order valence-electron chi connectivity index (χ0n) is 23.3. The van der Waals surface area contributed by atoms with Crippen molar-refractivity contribution in [3.8, 4) is 0 Å². The smallest absolute Gasteiger partial charge is 0.108 e. The van der Waals surface area contributed by atoms with E-state index >= 15 is 0 Å². The number of hydrogen-bond acceptors (Lipinski definition) is 0. The Balaban J connectivity index is 2.08. The second-order valence-electron chi connectivity index (χ2n) is 10.7. The van der Waals surface area contributed by atoms with E-state index in [1.54, 1.807) is 16.7 Å². The first-order chi connectivity index (χ1) is 18.2. The van der Waals surface area contributed by atoms with Crippen molar-refractivity contribution in [2.24, 2.45) is 0 Å². The first-order valence-corrected chi connectivity index (χ1v) is 14.7. The Bertz CT molecular complexity index is 1090. The molecule has 0 unspecified atom stereocenters. The monoisotopic (exact) mass is 487 g/mol. The van der Waals surface area contributed by atoms with Crippen LogP contribution in [0.1, 0.15) is 76.0 Å². The summed E-state index contributed by atoms with van der Waals surface area (Å²) in [6, 6.07) is 39.0. The molecule has 0 amide bonds. The fourth-order valence-electron chi connectivity index (χ4n) is 6.31. The minimum Gasteiger partial charge on any atom is -0.195 e. The molecule has 0 aromatic heterocycles. The van der Waals surface area contributed by atoms with Crippen molar-refractivity contribution in [2.45, 2.75) is 78.6 Å². The van der Waals surface area contributed by atoms with Gasteiger partial charge in [0.15, 0.2) is 0 Å². The van der Waals surface area contributed by atoms with Crippen molar-refractivity contribution in [3.05, 3.63) is 120 Å². The summed E-state index contributed by atoms with van der Waals surface area (Å²) < 4.78 is 0. The van der Waals surface area contributed by atoms with E-state index in [0.717, 1.165) is 0 Å². The lowest BCUT2D eigenvalue weighted by Gasteiger charge is -2.45. The molecule has 0 N–H and O–H groups in total. The third kappa shape index (κ3) is 5.93. The Morgan fingerprint density at radius 2 is 0.784 bits per heavy atom. The van der Waals surface area contributed by atoms with Gasteiger partial charge in [-0.2, -0.15) is 21.9 Å². The summed E-state index contributed by atoms with van der Waals surface area (Å²) in [7, 11) is 0. The molecule has 0 atom stereocenters. The standard InChI is InChI=1S/C36H44B/c1-4-7-19-30-28-35(29-31(20-8-5-2)36(30)27-9-6-3)37(32-21-13-10-14-22-32,33-23-15-11-16-24-33)34-25-17-12-18-26-34/h10-18,21-26,28-29H,4-9,19-20,27H2,1-3H3/q-1. The topological polar surface area (TPSA) is 0 Å². The maximum Gasteiger partial charge on any atom is 0.108 e. The molecule has 4 aromatic carbocycles. The number of aryl methyl sites for hydroxylation is 2. The summed E-state index contributed by atoms with van der Waals surface area (Å²) in [5, 5.41) is 0. The quantitative estimate of drug-likeness (QED) is 0.177. The summed E-state index contributed by atoms with van der Waals surface area (Å²) in [6.45, 7) is 6.96. The van der Waals surface area contributed by atoms with Crippen LogP contribution in [-0.4, -0.2) is 6.15 Å². The van der Waals surface area contributed by atoms with Crippen LogP contribution in [0, 0.1) is 0 Å². The molecule has 4 aromatic rings. The molecular weight excluding hydrogens is 443 g/mol. The van der Waals surface area contributed by atoms with Crippen LogP contribution in [0.5, 0.6) is 0 Å². The van der Waals surface area contributed by atoms with Crippen LogP contribution in [0.15, 0.2) is 103 Å². The first kappa shape index (κ1) is 27.0. The highest BCUT2D eigenvalue weighted by molar-refractivity contribution is 7.19. The molecule has 0 nitrogen and oxygen atoms in total. The molecule has 0 aliphatic carbocycles. The van der Waals surface area contributed by atoms with Crippen LogP contribution in [0.4, 0.5) is 0 Å². The first-order valence-electron chi connectivity index (χ1n) is 14.7. The number of rotatable bonds is 13. The molecule has 0 saturated carbocycles. The van der Waals surface area contributed by atoms with Gasteiger partial charge in [0.1, 0.15) is 6.15 Å². The molecule has 0 fully saturated rings. The van der Waals surface area contributed by atoms with Gasteiger partial charge in [-0.15, -0.1) is 0 Å². The summed E-state index contributed by atoms with van der Waals surface area (Å²) in [6.07, 6.45) is 9.70. The maximum absolute atomic E-state index is 2.61. The average molecular weight is 488 g/mol. The van der Waals surface area contributed by atoms with Crippen molar-refractivity contribution in [1.29, 1.82) is 0 Å². The van der Waals surface area contributed by atoms with E-state index < -0.39 is 6.15 Å². The van der Waals surface area contributed by atoms with E-state index in [0.29, 0.717) is 0 Å². The second kappa shape index (κ2) is 13.5. The third-order valence-corrected chi connectivity index (χ3v) is 8.24. The van der Waals surface area contributed by atoms with Crippen LogP contribution in [0.25, 0.3) is 0 Å². The van der Waals surface area contributed by atoms with Gasteiger partial charge in [0, 0.05) is 0 Å². The van der Waals surface area contributed by atoms with Crippen molar-refractivity contribution in [2.75, 3.05) is 0 Å². The summed E-state index contributed by atoms with van der Waals surface area (Å²) in [4.78, 5) is 0. The molecule has 4 rings (SSSR count). The predicted molar refractivity (Wildman–Crippen MR) is 166 cm³/mol. The van der Waals surface area contributed by atoms with Crippen molar-refractivity contribution in [3.63, 3.8) is 0 Å². The van der Waals surface area contributed by atoms with E-state index in [-0.39, 0.29) is 0 Å². The number of unbranched alkanes of at least 4 members (excludes halogenated alkanes) is 3. The predicted octanol–water partition coefficient (Wildman–Crippen LogP) is 7.09. The highest BCUT2D eigenvalue weighted by Crippen LogP contribution is 2.23. The summed E-state index contributed by atoms with van der Waals surface area (Å²) in [5.41, 5.74) is 10.5. The Kier molecular flexibility index (Phi) is 9.83. The SMILES string of the molecule is CCCCc1cc([B-](c2ccccc2)(c2ccccc2)c2ccccc2)cc(CCCC)c1CCCC. The zero-order valence-corrected chi connectivity index (χ0v) is 23.3. The zero-order chi connectivity index (χ0) is 25.9. The van der Waals surface area contributed by atoms with Gasteiger partial charge in [-0.05, 0) is 55.2 Å². The summed E-state index contributed by atoms with van der Waals surface area (Å²) in [5.74, 6) is 0. The van der Waals surface area contributed by atoms with Gasteiger partial charge in [0.05, 0.1) is 0 Å². The normalized spacial score (nSPS) is 11.5. The van der Waals surface area contributed by atoms with E-state index in [4.69, 9.17) is 0 Å². The Morgan fingerprint density at radius 3 is 1.14 bits per heavy atom. The maximum atomic E-state index is 2.61. The van der Waals surface area contributed by atoms with Gasteiger partial charge in [-0.3, -0.25) is 0 Å². The average Bonchev–Trinajstić information content (AvgIpc) is 2.96. The molecule has 192 valence electrons. The molecule has 0 saturated heterocycles. The minimum atomic E-state index is -1.32.